The third-order valence-corrected chi connectivity index (χ3v) is 1.13. The van der Waals surface area contributed by atoms with Gasteiger partial charge in [0.2, 0.25) is 6.26 Å². The summed E-state index contributed by atoms with van der Waals surface area (Å²) in [6.45, 7) is 7.26. The molecule has 0 aromatic rings. The van der Waals surface area contributed by atoms with Crippen molar-refractivity contribution in [3.8, 4) is 0 Å². The van der Waals surface area contributed by atoms with Crippen LogP contribution in [0.3, 0.4) is 0 Å². The minimum absolute atomic E-state index is 0.219. The maximum absolute atomic E-state index is 5.10. The molecule has 0 aliphatic carbocycles. The van der Waals surface area contributed by atoms with Crippen LogP contribution in [0.5, 0.6) is 0 Å². The molecule has 0 unspecified atom stereocenters. The molecule has 0 atom stereocenters. The fourth-order valence-electron chi connectivity index (χ4n) is 0.792. The van der Waals surface area contributed by atoms with Crippen molar-refractivity contribution in [2.75, 3.05) is 6.54 Å². The summed E-state index contributed by atoms with van der Waals surface area (Å²) in [4.78, 5) is 8.91. The molecule has 3 nitrogen and oxygen atoms in total. The first-order chi connectivity index (χ1) is 5.08. The second kappa shape index (κ2) is 2.89. The molecule has 1 aliphatic heterocycles. The van der Waals surface area contributed by atoms with Gasteiger partial charge in [0.05, 0.1) is 0 Å². The Balaban J connectivity index is 2.53. The lowest BCUT2D eigenvalue weighted by Crippen LogP contribution is -2.25. The second-order valence-electron chi connectivity index (χ2n) is 3.73. The quantitative estimate of drug-likeness (QED) is 0.519. The summed E-state index contributed by atoms with van der Waals surface area (Å²) < 4.78 is 1.69. The number of hydroxylamine groups is 1. The molecule has 0 aromatic heterocycles. The zero-order valence-corrected chi connectivity index (χ0v) is 7.16. The first-order valence-electron chi connectivity index (χ1n) is 3.62. The van der Waals surface area contributed by atoms with Crippen LogP contribution >= 0.6 is 0 Å². The predicted molar refractivity (Wildman–Crippen MR) is 43.7 cm³/mol. The maximum atomic E-state index is 5.10. The molecule has 0 bridgehead atoms. The first-order valence-corrected chi connectivity index (χ1v) is 3.62. The SMILES string of the molecule is CC(C)(C)C[N+]1=CN=C=CO1. The molecule has 3 heteroatoms. The van der Waals surface area contributed by atoms with E-state index in [9.17, 15) is 0 Å². The fourth-order valence-corrected chi connectivity index (χ4v) is 0.792. The van der Waals surface area contributed by atoms with Crippen LogP contribution in [-0.4, -0.2) is 23.5 Å². The Bertz CT molecular complexity index is 229. The Morgan fingerprint density at radius 2 is 2.27 bits per heavy atom. The molecule has 0 N–H and O–H groups in total. The number of aliphatic imine (C=N–C) groups is 1. The summed E-state index contributed by atoms with van der Waals surface area (Å²) in [5.41, 5.74) is 0.219. The molecular formula is C8H13N2O+. The van der Waals surface area contributed by atoms with Gasteiger partial charge in [-0.3, -0.25) is 4.84 Å². The molecule has 0 saturated carbocycles. The number of hydrogen-bond donors (Lipinski definition) is 0. The Morgan fingerprint density at radius 3 is 2.73 bits per heavy atom. The standard InChI is InChI=1S/C8H13N2O/c1-8(2,3)6-10-7-9-4-5-11-10/h5,7H,6H2,1-3H3/q+1. The lowest BCUT2D eigenvalue weighted by molar-refractivity contribution is -0.773. The van der Waals surface area contributed by atoms with Crippen molar-refractivity contribution in [1.82, 2.24) is 0 Å². The monoisotopic (exact) mass is 153 g/mol. The minimum Gasteiger partial charge on any atom is -0.297 e. The Kier molecular flexibility index (Phi) is 2.11. The maximum Gasteiger partial charge on any atom is 0.330 e. The van der Waals surface area contributed by atoms with Crippen LogP contribution in [0.1, 0.15) is 20.8 Å². The second-order valence-corrected chi connectivity index (χ2v) is 3.73. The molecule has 0 fully saturated rings. The molecule has 1 heterocycles. The predicted octanol–water partition coefficient (Wildman–Crippen LogP) is 1.20. The van der Waals surface area contributed by atoms with E-state index in [2.05, 4.69) is 31.6 Å². The van der Waals surface area contributed by atoms with Gasteiger partial charge in [-0.2, -0.15) is 0 Å². The summed E-state index contributed by atoms with van der Waals surface area (Å²) >= 11 is 0. The van der Waals surface area contributed by atoms with E-state index in [-0.39, 0.29) is 5.41 Å². The lowest BCUT2D eigenvalue weighted by Gasteiger charge is -2.15. The van der Waals surface area contributed by atoms with E-state index in [4.69, 9.17) is 4.84 Å². The number of rotatable bonds is 1. The Labute approximate surface area is 66.7 Å². The van der Waals surface area contributed by atoms with Crippen LogP contribution in [0.25, 0.3) is 0 Å². The number of hydrogen-bond acceptors (Lipinski definition) is 2. The highest BCUT2D eigenvalue weighted by Gasteiger charge is 2.17. The summed E-state index contributed by atoms with van der Waals surface area (Å²) in [6, 6.07) is 0. The van der Waals surface area contributed by atoms with Crippen molar-refractivity contribution >= 4 is 12.2 Å². The highest BCUT2D eigenvalue weighted by Crippen LogP contribution is 2.12. The van der Waals surface area contributed by atoms with Gasteiger partial charge in [0, 0.05) is 10.4 Å². The van der Waals surface area contributed by atoms with Crippen LogP contribution in [0.4, 0.5) is 0 Å². The normalized spacial score (nSPS) is 16.1. The molecule has 60 valence electrons. The van der Waals surface area contributed by atoms with Gasteiger partial charge in [-0.1, -0.05) is 25.5 Å². The summed E-state index contributed by atoms with van der Waals surface area (Å²) in [5.74, 6) is 2.58. The van der Waals surface area contributed by atoms with E-state index < -0.39 is 0 Å². The fraction of sp³-hybridized carbons (Fsp3) is 0.625. The third kappa shape index (κ3) is 3.01. The molecule has 0 amide bonds. The molecule has 0 spiro atoms. The highest BCUT2D eigenvalue weighted by molar-refractivity contribution is 5.66. The Hall–Kier alpha value is -1.08. The molecule has 1 rings (SSSR count). The van der Waals surface area contributed by atoms with Crippen molar-refractivity contribution in [3.63, 3.8) is 0 Å². The van der Waals surface area contributed by atoms with Crippen molar-refractivity contribution < 1.29 is 9.58 Å². The average Bonchev–Trinajstić information content (AvgIpc) is 1.85. The van der Waals surface area contributed by atoms with E-state index in [0.717, 1.165) is 6.54 Å². The van der Waals surface area contributed by atoms with E-state index in [1.165, 1.54) is 6.26 Å². The van der Waals surface area contributed by atoms with Gasteiger partial charge in [-0.15, -0.1) is 0 Å². The average molecular weight is 153 g/mol. The molecule has 0 saturated heterocycles. The zero-order valence-electron chi connectivity index (χ0n) is 7.16. The van der Waals surface area contributed by atoms with Gasteiger partial charge in [0.25, 0.3) is 0 Å². The van der Waals surface area contributed by atoms with E-state index >= 15 is 0 Å². The number of nitrogens with zero attached hydrogens (tertiary/aromatic N) is 2. The summed E-state index contributed by atoms with van der Waals surface area (Å²) in [5, 5.41) is 0. The smallest absolute Gasteiger partial charge is 0.297 e. The van der Waals surface area contributed by atoms with Gasteiger partial charge >= 0.3 is 6.34 Å². The van der Waals surface area contributed by atoms with Crippen molar-refractivity contribution in [1.29, 1.82) is 0 Å². The van der Waals surface area contributed by atoms with Gasteiger partial charge in [0.15, 0.2) is 5.87 Å². The van der Waals surface area contributed by atoms with Crippen LogP contribution < -0.4 is 0 Å². The molecule has 1 aliphatic rings. The van der Waals surface area contributed by atoms with E-state index in [1.54, 1.807) is 11.1 Å². The third-order valence-electron chi connectivity index (χ3n) is 1.13. The van der Waals surface area contributed by atoms with Crippen molar-refractivity contribution in [3.05, 3.63) is 6.26 Å². The lowest BCUT2D eigenvalue weighted by atomic mass is 9.97. The van der Waals surface area contributed by atoms with Crippen LogP contribution in [0.2, 0.25) is 0 Å². The van der Waals surface area contributed by atoms with Gasteiger partial charge in [-0.05, 0) is 0 Å². The van der Waals surface area contributed by atoms with Gasteiger partial charge in [-0.25, -0.2) is 0 Å². The van der Waals surface area contributed by atoms with Crippen LogP contribution in [-0.2, 0) is 4.84 Å². The largest absolute Gasteiger partial charge is 0.330 e. The van der Waals surface area contributed by atoms with Gasteiger partial charge < -0.3 is 0 Å². The molecule has 11 heavy (non-hydrogen) atoms. The minimum atomic E-state index is 0.219. The van der Waals surface area contributed by atoms with Gasteiger partial charge in [0.1, 0.15) is 6.54 Å². The van der Waals surface area contributed by atoms with E-state index in [0.29, 0.717) is 0 Å². The zero-order chi connectivity index (χ0) is 8.32. The van der Waals surface area contributed by atoms with Crippen molar-refractivity contribution in [2.45, 2.75) is 20.8 Å². The van der Waals surface area contributed by atoms with Crippen molar-refractivity contribution in [2.24, 2.45) is 10.4 Å². The molecule has 0 aromatic carbocycles. The molecule has 0 radical (unpaired) electrons. The molecular weight excluding hydrogens is 140 g/mol. The van der Waals surface area contributed by atoms with Crippen LogP contribution in [0, 0.1) is 5.41 Å². The van der Waals surface area contributed by atoms with E-state index in [1.807, 2.05) is 0 Å². The van der Waals surface area contributed by atoms with Crippen LogP contribution in [0.15, 0.2) is 11.3 Å². The highest BCUT2D eigenvalue weighted by atomic mass is 16.7. The summed E-state index contributed by atoms with van der Waals surface area (Å²) in [6.07, 6.45) is 3.08. The Morgan fingerprint density at radius 1 is 1.55 bits per heavy atom. The summed E-state index contributed by atoms with van der Waals surface area (Å²) in [7, 11) is 0. The first kappa shape index (κ1) is 8.02. The topological polar surface area (TPSA) is 24.6 Å².